The Kier molecular flexibility index (Phi) is 5.99. The molecule has 1 aromatic rings. The van der Waals surface area contributed by atoms with Gasteiger partial charge < -0.3 is 15.2 Å². The van der Waals surface area contributed by atoms with Gasteiger partial charge in [-0.25, -0.2) is 0 Å². The summed E-state index contributed by atoms with van der Waals surface area (Å²) in [6, 6.07) is 0.290. The summed E-state index contributed by atoms with van der Waals surface area (Å²) in [6.45, 7) is 10.2. The van der Waals surface area contributed by atoms with E-state index in [9.17, 15) is 9.59 Å². The van der Waals surface area contributed by atoms with Crippen molar-refractivity contribution in [3.05, 3.63) is 22.5 Å². The summed E-state index contributed by atoms with van der Waals surface area (Å²) in [5.74, 6) is 0.0738. The van der Waals surface area contributed by atoms with Crippen molar-refractivity contribution in [1.29, 1.82) is 0 Å². The third kappa shape index (κ3) is 3.66. The number of ketones is 1. The van der Waals surface area contributed by atoms with Gasteiger partial charge in [0.1, 0.15) is 5.69 Å². The number of H-pyrrole nitrogens is 1. The standard InChI is InChI=1S/C18H29N3O2/c1-5-11-21(14-7-9-19-10-8-14)18(23)17-15(6-2)16(13(4)22)12(3)20-17/h14,19-20H,5-11H2,1-4H3. The monoisotopic (exact) mass is 319 g/mol. The van der Waals surface area contributed by atoms with E-state index in [1.54, 1.807) is 6.92 Å². The molecule has 0 bridgehead atoms. The molecular formula is C18H29N3O2. The Hall–Kier alpha value is -1.62. The Labute approximate surface area is 138 Å². The fourth-order valence-corrected chi connectivity index (χ4v) is 3.64. The Bertz CT molecular complexity index is 571. The lowest BCUT2D eigenvalue weighted by Gasteiger charge is -2.34. The minimum absolute atomic E-state index is 0.0264. The molecule has 0 spiro atoms. The van der Waals surface area contributed by atoms with Gasteiger partial charge in [0.25, 0.3) is 5.91 Å². The minimum Gasteiger partial charge on any atom is -0.354 e. The number of Topliss-reactive ketones (excluding diaryl/α,β-unsaturated/α-hetero) is 1. The zero-order valence-corrected chi connectivity index (χ0v) is 14.8. The SMILES string of the molecule is CCCN(C(=O)c1[nH]c(C)c(C(C)=O)c1CC)C1CCNCC1. The van der Waals surface area contributed by atoms with E-state index in [0.29, 0.717) is 17.7 Å². The number of carbonyl (C=O) groups is 2. The number of aryl methyl sites for hydroxylation is 1. The number of hydrogen-bond acceptors (Lipinski definition) is 3. The number of nitrogens with zero attached hydrogens (tertiary/aromatic N) is 1. The van der Waals surface area contributed by atoms with Crippen LogP contribution in [0.5, 0.6) is 0 Å². The van der Waals surface area contributed by atoms with Gasteiger partial charge in [-0.2, -0.15) is 0 Å². The van der Waals surface area contributed by atoms with E-state index in [4.69, 9.17) is 0 Å². The van der Waals surface area contributed by atoms with Crippen molar-refractivity contribution in [3.8, 4) is 0 Å². The molecule has 2 rings (SSSR count). The minimum atomic E-state index is 0.0264. The van der Waals surface area contributed by atoms with Gasteiger partial charge in [0.05, 0.1) is 0 Å². The first-order valence-corrected chi connectivity index (χ1v) is 8.75. The number of hydrogen-bond donors (Lipinski definition) is 2. The first-order chi connectivity index (χ1) is 11.0. The molecule has 5 nitrogen and oxygen atoms in total. The smallest absolute Gasteiger partial charge is 0.270 e. The van der Waals surface area contributed by atoms with Crippen LogP contribution in [0.3, 0.4) is 0 Å². The highest BCUT2D eigenvalue weighted by Gasteiger charge is 2.29. The van der Waals surface area contributed by atoms with Gasteiger partial charge in [0.15, 0.2) is 5.78 Å². The Morgan fingerprint density at radius 1 is 1.22 bits per heavy atom. The van der Waals surface area contributed by atoms with Crippen LogP contribution >= 0.6 is 0 Å². The first-order valence-electron chi connectivity index (χ1n) is 8.75. The van der Waals surface area contributed by atoms with Crippen LogP contribution in [0.25, 0.3) is 0 Å². The quantitative estimate of drug-likeness (QED) is 0.792. The van der Waals surface area contributed by atoms with Crippen LogP contribution in [0.2, 0.25) is 0 Å². The molecule has 1 aromatic heterocycles. The Morgan fingerprint density at radius 2 is 1.87 bits per heavy atom. The topological polar surface area (TPSA) is 65.2 Å². The van der Waals surface area contributed by atoms with Gasteiger partial charge in [0.2, 0.25) is 0 Å². The lowest BCUT2D eigenvalue weighted by atomic mass is 10.0. The van der Waals surface area contributed by atoms with Crippen molar-refractivity contribution < 1.29 is 9.59 Å². The average molecular weight is 319 g/mol. The summed E-state index contributed by atoms with van der Waals surface area (Å²) in [5, 5.41) is 3.35. The van der Waals surface area contributed by atoms with Crippen molar-refractivity contribution in [2.75, 3.05) is 19.6 Å². The lowest BCUT2D eigenvalue weighted by Crippen LogP contribution is -2.46. The normalized spacial score (nSPS) is 15.7. The second-order valence-corrected chi connectivity index (χ2v) is 6.37. The van der Waals surface area contributed by atoms with Gasteiger partial charge in [-0.1, -0.05) is 13.8 Å². The zero-order valence-electron chi connectivity index (χ0n) is 14.8. The molecule has 2 N–H and O–H groups in total. The molecule has 0 saturated carbocycles. The van der Waals surface area contributed by atoms with Crippen LogP contribution < -0.4 is 5.32 Å². The molecule has 0 unspecified atom stereocenters. The van der Waals surface area contributed by atoms with Crippen molar-refractivity contribution >= 4 is 11.7 Å². The number of nitrogens with one attached hydrogen (secondary N) is 2. The summed E-state index contributed by atoms with van der Waals surface area (Å²) >= 11 is 0. The highest BCUT2D eigenvalue weighted by Crippen LogP contribution is 2.24. The molecule has 0 radical (unpaired) electrons. The molecule has 128 valence electrons. The number of piperidine rings is 1. The second-order valence-electron chi connectivity index (χ2n) is 6.37. The van der Waals surface area contributed by atoms with E-state index in [1.165, 1.54) is 0 Å². The zero-order chi connectivity index (χ0) is 17.0. The summed E-state index contributed by atoms with van der Waals surface area (Å²) in [6.07, 6.45) is 3.61. The third-order valence-corrected chi connectivity index (χ3v) is 4.69. The van der Waals surface area contributed by atoms with E-state index in [0.717, 1.165) is 50.2 Å². The first kappa shape index (κ1) is 17.7. The third-order valence-electron chi connectivity index (χ3n) is 4.69. The van der Waals surface area contributed by atoms with Gasteiger partial charge in [-0.3, -0.25) is 9.59 Å². The van der Waals surface area contributed by atoms with Gasteiger partial charge >= 0.3 is 0 Å². The number of rotatable bonds is 6. The molecule has 1 fully saturated rings. The van der Waals surface area contributed by atoms with Crippen LogP contribution in [0.1, 0.15) is 72.1 Å². The maximum atomic E-state index is 13.2. The maximum absolute atomic E-state index is 13.2. The van der Waals surface area contributed by atoms with Crippen LogP contribution in [0.15, 0.2) is 0 Å². The van der Waals surface area contributed by atoms with Gasteiger partial charge in [-0.05, 0) is 58.2 Å². The molecule has 2 heterocycles. The molecule has 0 atom stereocenters. The predicted molar refractivity (Wildman–Crippen MR) is 92.1 cm³/mol. The molecule has 0 aliphatic carbocycles. The number of carbonyl (C=O) groups excluding carboxylic acids is 2. The molecular weight excluding hydrogens is 290 g/mol. The van der Waals surface area contributed by atoms with E-state index >= 15 is 0 Å². The molecule has 5 heteroatoms. The summed E-state index contributed by atoms with van der Waals surface area (Å²) in [5.41, 5.74) is 2.98. The van der Waals surface area contributed by atoms with E-state index < -0.39 is 0 Å². The second kappa shape index (κ2) is 7.77. The fraction of sp³-hybridized carbons (Fsp3) is 0.667. The van der Waals surface area contributed by atoms with Crippen LogP contribution in [-0.4, -0.2) is 47.3 Å². The van der Waals surface area contributed by atoms with Crippen molar-refractivity contribution in [2.45, 2.75) is 59.4 Å². The highest BCUT2D eigenvalue weighted by atomic mass is 16.2. The lowest BCUT2D eigenvalue weighted by molar-refractivity contribution is 0.0636. The summed E-state index contributed by atoms with van der Waals surface area (Å²) < 4.78 is 0. The molecule has 23 heavy (non-hydrogen) atoms. The average Bonchev–Trinajstić information content (AvgIpc) is 2.89. The molecule has 0 aromatic carbocycles. The molecule has 1 aliphatic heterocycles. The molecule has 1 saturated heterocycles. The van der Waals surface area contributed by atoms with E-state index in [-0.39, 0.29) is 17.7 Å². The highest BCUT2D eigenvalue weighted by molar-refractivity contribution is 6.02. The molecule has 1 amide bonds. The number of aromatic nitrogens is 1. The Morgan fingerprint density at radius 3 is 2.39 bits per heavy atom. The summed E-state index contributed by atoms with van der Waals surface area (Å²) in [7, 11) is 0. The van der Waals surface area contributed by atoms with Gasteiger partial charge in [0, 0.05) is 23.8 Å². The van der Waals surface area contributed by atoms with Gasteiger partial charge in [-0.15, -0.1) is 0 Å². The van der Waals surface area contributed by atoms with E-state index in [2.05, 4.69) is 17.2 Å². The van der Waals surface area contributed by atoms with E-state index in [1.807, 2.05) is 18.7 Å². The molecule has 1 aliphatic rings. The van der Waals surface area contributed by atoms with Crippen LogP contribution in [0, 0.1) is 6.92 Å². The Balaban J connectivity index is 2.36. The largest absolute Gasteiger partial charge is 0.354 e. The van der Waals surface area contributed by atoms with Crippen LogP contribution in [0.4, 0.5) is 0 Å². The number of aromatic amines is 1. The fourth-order valence-electron chi connectivity index (χ4n) is 3.64. The van der Waals surface area contributed by atoms with Crippen molar-refractivity contribution in [1.82, 2.24) is 15.2 Å². The summed E-state index contributed by atoms with van der Waals surface area (Å²) in [4.78, 5) is 30.3. The number of amides is 1. The van der Waals surface area contributed by atoms with Crippen LogP contribution in [-0.2, 0) is 6.42 Å². The van der Waals surface area contributed by atoms with Crippen molar-refractivity contribution in [2.24, 2.45) is 0 Å². The maximum Gasteiger partial charge on any atom is 0.270 e. The predicted octanol–water partition coefficient (Wildman–Crippen LogP) is 2.69. The van der Waals surface area contributed by atoms with Crippen molar-refractivity contribution in [3.63, 3.8) is 0 Å².